The van der Waals surface area contributed by atoms with Crippen molar-refractivity contribution in [2.45, 2.75) is 0 Å². The number of phenols is 1. The molecule has 118 valence electrons. The van der Waals surface area contributed by atoms with E-state index in [2.05, 4.69) is 10.9 Å². The number of hydrogen-bond acceptors (Lipinski definition) is 3. The second-order valence-corrected chi connectivity index (χ2v) is 5.21. The van der Waals surface area contributed by atoms with Gasteiger partial charge in [-0.05, 0) is 53.4 Å². The van der Waals surface area contributed by atoms with Crippen molar-refractivity contribution in [3.05, 3.63) is 90.0 Å². The Hall–Kier alpha value is -3.29. The Bertz CT molecular complexity index is 860. The van der Waals surface area contributed by atoms with Gasteiger partial charge in [0.2, 0.25) is 0 Å². The molecule has 3 rings (SSSR count). The van der Waals surface area contributed by atoms with Crippen molar-refractivity contribution in [3.8, 4) is 11.5 Å². The van der Waals surface area contributed by atoms with Gasteiger partial charge in [-0.15, -0.1) is 0 Å². The molecule has 0 aromatic heterocycles. The lowest BCUT2D eigenvalue weighted by Crippen LogP contribution is -1.88. The monoisotopic (exact) mass is 315 g/mol. The normalized spacial score (nSPS) is 9.88. The molecule has 0 atom stereocenters. The maximum absolute atomic E-state index is 9.50. The average molecular weight is 315 g/mol. The number of aliphatic imine (C=N–C) groups is 1. The van der Waals surface area contributed by atoms with Gasteiger partial charge in [0.05, 0.1) is 18.4 Å². The van der Waals surface area contributed by atoms with E-state index in [0.717, 1.165) is 28.1 Å². The van der Waals surface area contributed by atoms with E-state index in [4.69, 9.17) is 4.74 Å². The SMILES string of the molecule is COc1ccc(N=C=C(c2ccccc2)c2ccc(O)cc2)cc1. The first-order valence-electron chi connectivity index (χ1n) is 7.59. The Morgan fingerprint density at radius 2 is 1.46 bits per heavy atom. The van der Waals surface area contributed by atoms with Crippen molar-refractivity contribution < 1.29 is 9.84 Å². The molecule has 3 aromatic rings. The van der Waals surface area contributed by atoms with Gasteiger partial charge in [0.1, 0.15) is 11.5 Å². The van der Waals surface area contributed by atoms with Crippen LogP contribution < -0.4 is 4.74 Å². The number of rotatable bonds is 4. The summed E-state index contributed by atoms with van der Waals surface area (Å²) in [5.74, 6) is 4.17. The molecule has 0 saturated carbocycles. The van der Waals surface area contributed by atoms with Crippen LogP contribution in [0.1, 0.15) is 11.1 Å². The van der Waals surface area contributed by atoms with Crippen molar-refractivity contribution in [2.75, 3.05) is 7.11 Å². The summed E-state index contributed by atoms with van der Waals surface area (Å²) in [6, 6.07) is 24.5. The third kappa shape index (κ3) is 3.72. The molecule has 0 fully saturated rings. The zero-order valence-electron chi connectivity index (χ0n) is 13.3. The fraction of sp³-hybridized carbons (Fsp3) is 0.0476. The van der Waals surface area contributed by atoms with Gasteiger partial charge in [-0.1, -0.05) is 42.5 Å². The first-order valence-corrected chi connectivity index (χ1v) is 7.59. The molecule has 0 saturated heterocycles. The van der Waals surface area contributed by atoms with Gasteiger partial charge >= 0.3 is 0 Å². The lowest BCUT2D eigenvalue weighted by Gasteiger charge is -2.05. The molecule has 0 aliphatic carbocycles. The molecule has 0 amide bonds. The summed E-state index contributed by atoms with van der Waals surface area (Å²) in [5.41, 5.74) is 3.62. The van der Waals surface area contributed by atoms with Gasteiger partial charge in [0, 0.05) is 0 Å². The predicted octanol–water partition coefficient (Wildman–Crippen LogP) is 4.83. The van der Waals surface area contributed by atoms with E-state index in [1.54, 1.807) is 19.2 Å². The predicted molar refractivity (Wildman–Crippen MR) is 97.1 cm³/mol. The highest BCUT2D eigenvalue weighted by Crippen LogP contribution is 2.23. The number of aromatic hydroxyl groups is 1. The maximum Gasteiger partial charge on any atom is 0.119 e. The van der Waals surface area contributed by atoms with Crippen molar-refractivity contribution in [1.82, 2.24) is 0 Å². The number of ether oxygens (including phenoxy) is 1. The third-order valence-electron chi connectivity index (χ3n) is 3.59. The first kappa shape index (κ1) is 15.6. The highest BCUT2D eigenvalue weighted by Gasteiger charge is 2.04. The molecule has 3 aromatic carbocycles. The Morgan fingerprint density at radius 1 is 0.833 bits per heavy atom. The van der Waals surface area contributed by atoms with Crippen LogP contribution >= 0.6 is 0 Å². The molecule has 24 heavy (non-hydrogen) atoms. The smallest absolute Gasteiger partial charge is 0.119 e. The van der Waals surface area contributed by atoms with Crippen LogP contribution in [0.2, 0.25) is 0 Å². The van der Waals surface area contributed by atoms with Gasteiger partial charge in [-0.25, -0.2) is 4.99 Å². The summed E-state index contributed by atoms with van der Waals surface area (Å²) < 4.78 is 5.15. The Kier molecular flexibility index (Phi) is 4.76. The molecule has 0 radical (unpaired) electrons. The molecule has 3 heteroatoms. The minimum Gasteiger partial charge on any atom is -0.508 e. The fourth-order valence-electron chi connectivity index (χ4n) is 2.31. The van der Waals surface area contributed by atoms with Gasteiger partial charge in [-0.3, -0.25) is 0 Å². The molecule has 3 nitrogen and oxygen atoms in total. The minimum absolute atomic E-state index is 0.234. The van der Waals surface area contributed by atoms with Crippen LogP contribution in [0.3, 0.4) is 0 Å². The van der Waals surface area contributed by atoms with Gasteiger partial charge < -0.3 is 9.84 Å². The first-order chi connectivity index (χ1) is 11.8. The van der Waals surface area contributed by atoms with Gasteiger partial charge in [0.15, 0.2) is 0 Å². The van der Waals surface area contributed by atoms with E-state index in [9.17, 15) is 5.11 Å². The third-order valence-corrected chi connectivity index (χ3v) is 3.59. The van der Waals surface area contributed by atoms with Gasteiger partial charge in [-0.2, -0.15) is 0 Å². The van der Waals surface area contributed by atoms with E-state index < -0.39 is 0 Å². The highest BCUT2D eigenvalue weighted by atomic mass is 16.5. The van der Waals surface area contributed by atoms with Gasteiger partial charge in [0.25, 0.3) is 0 Å². The summed E-state index contributed by atoms with van der Waals surface area (Å²) in [7, 11) is 1.64. The van der Waals surface area contributed by atoms with E-state index >= 15 is 0 Å². The highest BCUT2D eigenvalue weighted by molar-refractivity contribution is 5.99. The van der Waals surface area contributed by atoms with E-state index in [0.29, 0.717) is 0 Å². The largest absolute Gasteiger partial charge is 0.508 e. The average Bonchev–Trinajstić information content (AvgIpc) is 2.65. The summed E-state index contributed by atoms with van der Waals surface area (Å²) in [6.45, 7) is 0. The van der Waals surface area contributed by atoms with Crippen molar-refractivity contribution in [1.29, 1.82) is 0 Å². The van der Waals surface area contributed by atoms with Crippen molar-refractivity contribution in [2.24, 2.45) is 4.99 Å². The van der Waals surface area contributed by atoms with Crippen LogP contribution in [-0.2, 0) is 0 Å². The molecule has 0 spiro atoms. The van der Waals surface area contributed by atoms with Crippen molar-refractivity contribution in [3.63, 3.8) is 0 Å². The second kappa shape index (κ2) is 7.32. The molecule has 0 aliphatic rings. The van der Waals surface area contributed by atoms with Crippen molar-refractivity contribution >= 4 is 17.1 Å². The quantitative estimate of drug-likeness (QED) is 0.700. The van der Waals surface area contributed by atoms with E-state index in [-0.39, 0.29) is 5.75 Å². The van der Waals surface area contributed by atoms with Crippen LogP contribution in [-0.4, -0.2) is 18.1 Å². The summed E-state index contributed by atoms with van der Waals surface area (Å²) in [6.07, 6.45) is 0. The topological polar surface area (TPSA) is 41.8 Å². The number of hydrogen-bond donors (Lipinski definition) is 1. The van der Waals surface area contributed by atoms with Crippen LogP contribution in [0.5, 0.6) is 11.5 Å². The molecule has 0 bridgehead atoms. The molecule has 0 aliphatic heterocycles. The van der Waals surface area contributed by atoms with Crippen LogP contribution in [0.4, 0.5) is 5.69 Å². The standard InChI is InChI=1S/C21H17NO2/c1-24-20-13-9-18(10-14-20)22-15-21(16-5-3-2-4-6-16)17-7-11-19(23)12-8-17/h2-14,23H,1H3. The molecule has 0 heterocycles. The van der Waals surface area contributed by atoms with E-state index in [1.807, 2.05) is 66.7 Å². The van der Waals surface area contributed by atoms with E-state index in [1.165, 1.54) is 0 Å². The molecular formula is C21H17NO2. The number of benzene rings is 3. The lowest BCUT2D eigenvalue weighted by molar-refractivity contribution is 0.415. The Morgan fingerprint density at radius 3 is 2.08 bits per heavy atom. The second-order valence-electron chi connectivity index (χ2n) is 5.21. The lowest BCUT2D eigenvalue weighted by atomic mass is 9.99. The van der Waals surface area contributed by atoms with Crippen LogP contribution in [0.25, 0.3) is 5.57 Å². The molecule has 1 N–H and O–H groups in total. The zero-order chi connectivity index (χ0) is 16.8. The Balaban J connectivity index is 2.06. The zero-order valence-corrected chi connectivity index (χ0v) is 13.3. The van der Waals surface area contributed by atoms with Crippen LogP contribution in [0, 0.1) is 0 Å². The number of phenolic OH excluding ortho intramolecular Hbond substituents is 1. The number of nitrogens with zero attached hydrogens (tertiary/aromatic N) is 1. The molecular weight excluding hydrogens is 298 g/mol. The summed E-state index contributed by atoms with van der Waals surface area (Å²) >= 11 is 0. The maximum atomic E-state index is 9.50. The summed E-state index contributed by atoms with van der Waals surface area (Å²) in [5, 5.41) is 9.50. The summed E-state index contributed by atoms with van der Waals surface area (Å²) in [4.78, 5) is 4.45. The number of methoxy groups -OCH3 is 1. The molecule has 0 unspecified atom stereocenters. The Labute approximate surface area is 141 Å². The minimum atomic E-state index is 0.234. The fourth-order valence-corrected chi connectivity index (χ4v) is 2.31. The van der Waals surface area contributed by atoms with Crippen LogP contribution in [0.15, 0.2) is 83.9 Å².